The average molecular weight is 807 g/mol. The summed E-state index contributed by atoms with van der Waals surface area (Å²) in [5.41, 5.74) is 20.1. The molecule has 0 aliphatic heterocycles. The molecule has 2 atom stereocenters. The van der Waals surface area contributed by atoms with Gasteiger partial charge in [0.05, 0.1) is 0 Å². The van der Waals surface area contributed by atoms with Gasteiger partial charge in [-0.1, -0.05) is 0 Å². The van der Waals surface area contributed by atoms with Crippen molar-refractivity contribution in [1.29, 1.82) is 0 Å². The largest absolute Gasteiger partial charge is 1.00 e. The molecular weight excluding hydrogens is 767 g/mol. The van der Waals surface area contributed by atoms with Gasteiger partial charge in [-0.05, 0) is 0 Å². The zero-order valence-corrected chi connectivity index (χ0v) is 35.0. The van der Waals surface area contributed by atoms with Crippen LogP contribution in [-0.2, 0) is 20.4 Å². The third-order valence-corrected chi connectivity index (χ3v) is 31.5. The van der Waals surface area contributed by atoms with Crippen molar-refractivity contribution in [1.82, 2.24) is 0 Å². The first-order valence-electron chi connectivity index (χ1n) is 18.4. The van der Waals surface area contributed by atoms with E-state index in [0.29, 0.717) is 7.25 Å². The van der Waals surface area contributed by atoms with E-state index in [4.69, 9.17) is 0 Å². The predicted molar refractivity (Wildman–Crippen MR) is 216 cm³/mol. The summed E-state index contributed by atoms with van der Waals surface area (Å²) < 4.78 is 1.24. The predicted octanol–water partition coefficient (Wildman–Crippen LogP) is 7.57. The number of hydrogen-bond donors (Lipinski definition) is 0. The maximum Gasteiger partial charge on any atom is -1.00 e. The Morgan fingerprint density at radius 1 is 0.481 bits per heavy atom. The molecule has 0 saturated carbocycles. The number of halogens is 2. The van der Waals surface area contributed by atoms with Crippen LogP contribution in [0.3, 0.4) is 0 Å². The van der Waals surface area contributed by atoms with Crippen molar-refractivity contribution in [3.8, 4) is 22.3 Å². The smallest absolute Gasteiger partial charge is 1.00 e. The quantitative estimate of drug-likeness (QED) is 0.152. The van der Waals surface area contributed by atoms with Gasteiger partial charge >= 0.3 is 306 Å². The Labute approximate surface area is 328 Å². The fourth-order valence-electron chi connectivity index (χ4n) is 9.80. The zero-order valence-electron chi connectivity index (χ0n) is 30.0. The van der Waals surface area contributed by atoms with Crippen molar-refractivity contribution >= 4 is 63.4 Å². The summed E-state index contributed by atoms with van der Waals surface area (Å²) in [7, 11) is 0. The molecule has 6 aromatic rings. The summed E-state index contributed by atoms with van der Waals surface area (Å²) in [6, 6.07) is 37.7. The molecule has 0 aromatic heterocycles. The second-order valence-electron chi connectivity index (χ2n) is 14.7. The van der Waals surface area contributed by atoms with E-state index in [2.05, 4.69) is 160 Å². The van der Waals surface area contributed by atoms with Gasteiger partial charge in [0.2, 0.25) is 0 Å². The molecule has 0 heterocycles. The normalized spacial score (nSPS) is 16.6. The SMILES string of the molecule is CCC1=Cc2c(-c3ccc4c5c(cccc35)C=C4)cccc2[CH]1[Zr+2]([CH]1C(CC)=Cc2c(-c3ccc4c5c(cccc35)C=C4)cccc21)=[Si](C)C.[Cl-].[Cl-]. The monoisotopic (exact) mass is 804 g/mol. The second kappa shape index (κ2) is 13.7. The van der Waals surface area contributed by atoms with Gasteiger partial charge in [-0.2, -0.15) is 0 Å². The minimum Gasteiger partial charge on any atom is -1.00 e. The first kappa shape index (κ1) is 35.5. The van der Waals surface area contributed by atoms with E-state index in [1.54, 1.807) is 22.3 Å². The third-order valence-electron chi connectivity index (χ3n) is 12.0. The molecule has 0 radical (unpaired) electrons. The van der Waals surface area contributed by atoms with Gasteiger partial charge < -0.3 is 24.8 Å². The molecule has 4 aliphatic rings. The Morgan fingerprint density at radius 2 is 0.885 bits per heavy atom. The van der Waals surface area contributed by atoms with Crippen molar-refractivity contribution < 1.29 is 45.2 Å². The van der Waals surface area contributed by atoms with Crippen LogP contribution < -0.4 is 24.8 Å². The van der Waals surface area contributed by atoms with Gasteiger partial charge in [0.15, 0.2) is 0 Å². The van der Waals surface area contributed by atoms with Crippen molar-refractivity contribution in [3.63, 3.8) is 0 Å². The third kappa shape index (κ3) is 5.16. The molecule has 2 unspecified atom stereocenters. The van der Waals surface area contributed by atoms with E-state index in [9.17, 15) is 0 Å². The molecule has 52 heavy (non-hydrogen) atoms. The van der Waals surface area contributed by atoms with E-state index in [0.717, 1.165) is 12.8 Å². The van der Waals surface area contributed by atoms with Crippen LogP contribution in [0.1, 0.15) is 78.4 Å². The Bertz CT molecular complexity index is 2450. The molecule has 10 rings (SSSR count). The maximum absolute atomic E-state index is 2.66. The van der Waals surface area contributed by atoms with E-state index >= 15 is 0 Å². The maximum atomic E-state index is 2.66. The Balaban J connectivity index is 0.00000193. The molecular formula is C48H40Cl2SiZr. The van der Waals surface area contributed by atoms with Gasteiger partial charge in [-0.15, -0.1) is 0 Å². The summed E-state index contributed by atoms with van der Waals surface area (Å²) in [5.74, 6) is 0. The summed E-state index contributed by atoms with van der Waals surface area (Å²) in [4.78, 5) is 0. The van der Waals surface area contributed by atoms with Gasteiger partial charge in [0.25, 0.3) is 0 Å². The zero-order chi connectivity index (χ0) is 33.7. The standard InChI is InChI=1S/2C23H17.C2H6Si.2ClH.Zr/c2*1-2-15-13-18-6-4-7-19(22(18)14-15)20-12-11-17-10-9-16-5-3-8-21(20)23(16)17;1-3-2;;;/h2*3-14H,2H2,1H3;1-2H3;2*1H;/q;;;;;+2/p-2. The topological polar surface area (TPSA) is 0 Å². The molecule has 0 N–H and O–H groups in total. The molecule has 254 valence electrons. The van der Waals surface area contributed by atoms with Crippen LogP contribution in [0.25, 0.3) is 80.3 Å². The van der Waals surface area contributed by atoms with E-state index in [1.165, 1.54) is 77.2 Å². The molecule has 0 nitrogen and oxygen atoms in total. The van der Waals surface area contributed by atoms with Crippen LogP contribution in [-0.4, -0.2) is 5.43 Å². The first-order chi connectivity index (χ1) is 24.6. The Morgan fingerprint density at radius 3 is 1.29 bits per heavy atom. The van der Waals surface area contributed by atoms with Crippen LogP contribution in [0.4, 0.5) is 0 Å². The second-order valence-corrected chi connectivity index (χ2v) is 32.6. The van der Waals surface area contributed by atoms with Gasteiger partial charge in [-0.3, -0.25) is 0 Å². The Kier molecular flexibility index (Phi) is 9.37. The molecule has 4 aliphatic carbocycles. The van der Waals surface area contributed by atoms with Crippen LogP contribution in [0.2, 0.25) is 13.1 Å². The van der Waals surface area contributed by atoms with E-state index < -0.39 is 25.8 Å². The van der Waals surface area contributed by atoms with Crippen molar-refractivity contribution in [3.05, 3.63) is 153 Å². The van der Waals surface area contributed by atoms with Gasteiger partial charge in [0.1, 0.15) is 0 Å². The first-order valence-corrected chi connectivity index (χ1v) is 27.4. The van der Waals surface area contributed by atoms with Crippen LogP contribution in [0, 0.1) is 0 Å². The molecule has 0 amide bonds. The molecule has 4 heteroatoms. The molecule has 0 fully saturated rings. The summed E-state index contributed by atoms with van der Waals surface area (Å²) >= 11 is -2.26. The van der Waals surface area contributed by atoms with E-state index in [1.807, 2.05) is 0 Å². The van der Waals surface area contributed by atoms with Crippen molar-refractivity contribution in [2.45, 2.75) is 47.0 Å². The van der Waals surface area contributed by atoms with Gasteiger partial charge in [-0.25, -0.2) is 0 Å². The van der Waals surface area contributed by atoms with Gasteiger partial charge in [0, 0.05) is 0 Å². The molecule has 0 saturated heterocycles. The Hall–Kier alpha value is -3.52. The fourth-order valence-corrected chi connectivity index (χ4v) is 30.6. The van der Waals surface area contributed by atoms with Crippen molar-refractivity contribution in [2.75, 3.05) is 0 Å². The summed E-state index contributed by atoms with van der Waals surface area (Å²) in [6.45, 7) is 10.1. The molecule has 0 bridgehead atoms. The molecule has 6 aromatic carbocycles. The number of rotatable bonds is 6. The fraction of sp³-hybridized carbons (Fsp3) is 0.167. The summed E-state index contributed by atoms with van der Waals surface area (Å²) in [6.07, 6.45) is 16.7. The summed E-state index contributed by atoms with van der Waals surface area (Å²) in [5, 5.41) is 5.59. The average Bonchev–Trinajstić information content (AvgIpc) is 3.94. The minimum absolute atomic E-state index is 0. The number of hydrogen-bond acceptors (Lipinski definition) is 0. The van der Waals surface area contributed by atoms with Crippen LogP contribution >= 0.6 is 0 Å². The van der Waals surface area contributed by atoms with Crippen LogP contribution in [0.5, 0.6) is 0 Å². The number of allylic oxidation sites excluding steroid dienone is 2. The number of benzene rings is 6. The van der Waals surface area contributed by atoms with E-state index in [-0.39, 0.29) is 24.8 Å². The van der Waals surface area contributed by atoms with Crippen molar-refractivity contribution in [2.24, 2.45) is 0 Å². The minimum atomic E-state index is -2.26. The number of fused-ring (bicyclic) bond motifs is 2. The van der Waals surface area contributed by atoms with Crippen LogP contribution in [0.15, 0.2) is 108 Å². The molecule has 0 spiro atoms.